The van der Waals surface area contributed by atoms with Crippen molar-refractivity contribution >= 4 is 5.78 Å². The van der Waals surface area contributed by atoms with E-state index in [1.807, 2.05) is 13.8 Å². The zero-order chi connectivity index (χ0) is 14.0. The summed E-state index contributed by atoms with van der Waals surface area (Å²) in [7, 11) is 0. The second-order valence-corrected chi connectivity index (χ2v) is 7.13. The normalized spacial score (nSPS) is 45.4. The Hall–Kier alpha value is -0.490. The molecule has 2 saturated heterocycles. The molecule has 0 aromatic rings. The van der Waals surface area contributed by atoms with E-state index in [-0.39, 0.29) is 11.9 Å². The molecule has 0 aromatic carbocycles. The number of carbonyl (C=O) groups excluding carboxylic acids is 1. The number of carbonyl (C=O) groups is 1. The number of rotatable bonds is 0. The molecule has 2 spiro atoms. The Morgan fingerprint density at radius 3 is 2.55 bits per heavy atom. The SMILES string of the molecule is CC1(C)OC[C@]2(CC(=O)[C@@H]3OC4(CCCC4)O[C@@H]3C2)O1. The molecule has 2 saturated carbocycles. The Morgan fingerprint density at radius 1 is 1.15 bits per heavy atom. The van der Waals surface area contributed by atoms with E-state index in [0.717, 1.165) is 25.7 Å². The van der Waals surface area contributed by atoms with Crippen LogP contribution in [0.5, 0.6) is 0 Å². The first kappa shape index (κ1) is 13.2. The van der Waals surface area contributed by atoms with Crippen LogP contribution in [0.15, 0.2) is 0 Å². The van der Waals surface area contributed by atoms with Crippen molar-refractivity contribution in [2.45, 2.75) is 81.8 Å². The van der Waals surface area contributed by atoms with Crippen molar-refractivity contribution in [2.24, 2.45) is 0 Å². The van der Waals surface area contributed by atoms with Crippen LogP contribution in [0.1, 0.15) is 52.4 Å². The minimum Gasteiger partial charge on any atom is -0.347 e. The van der Waals surface area contributed by atoms with Crippen LogP contribution in [0, 0.1) is 0 Å². The van der Waals surface area contributed by atoms with Crippen LogP contribution in [0.2, 0.25) is 0 Å². The highest BCUT2D eigenvalue weighted by Crippen LogP contribution is 2.49. The van der Waals surface area contributed by atoms with Gasteiger partial charge >= 0.3 is 0 Å². The van der Waals surface area contributed by atoms with Gasteiger partial charge in [0.05, 0.1) is 12.7 Å². The summed E-state index contributed by atoms with van der Waals surface area (Å²) in [5, 5.41) is 0. The van der Waals surface area contributed by atoms with Gasteiger partial charge in [-0.3, -0.25) is 4.79 Å². The van der Waals surface area contributed by atoms with Gasteiger partial charge in [0.15, 0.2) is 17.4 Å². The minimum atomic E-state index is -0.613. The molecule has 0 N–H and O–H groups in total. The van der Waals surface area contributed by atoms with Crippen molar-refractivity contribution in [3.8, 4) is 0 Å². The summed E-state index contributed by atoms with van der Waals surface area (Å²) in [5.74, 6) is -1.00. The zero-order valence-electron chi connectivity index (χ0n) is 12.1. The standard InChI is InChI=1S/C15H22O5/c1-13(2)17-9-14(20-13)7-10(16)12-11(8-14)18-15(19-12)5-3-4-6-15/h11-12H,3-9H2,1-2H3/t11-,12+,14-/m1/s1. The lowest BCUT2D eigenvalue weighted by Gasteiger charge is -2.36. The molecular weight excluding hydrogens is 260 g/mol. The highest BCUT2D eigenvalue weighted by atomic mass is 16.8. The van der Waals surface area contributed by atoms with E-state index in [2.05, 4.69) is 0 Å². The summed E-state index contributed by atoms with van der Waals surface area (Å²) in [4.78, 5) is 12.4. The van der Waals surface area contributed by atoms with E-state index < -0.39 is 23.3 Å². The largest absolute Gasteiger partial charge is 0.347 e. The van der Waals surface area contributed by atoms with Gasteiger partial charge in [0.2, 0.25) is 0 Å². The van der Waals surface area contributed by atoms with Gasteiger partial charge in [-0.05, 0) is 26.7 Å². The quantitative estimate of drug-likeness (QED) is 0.679. The van der Waals surface area contributed by atoms with Crippen molar-refractivity contribution in [2.75, 3.05) is 6.61 Å². The highest BCUT2D eigenvalue weighted by Gasteiger charge is 2.60. The van der Waals surface area contributed by atoms with E-state index in [9.17, 15) is 4.79 Å². The van der Waals surface area contributed by atoms with E-state index in [1.54, 1.807) is 0 Å². The first-order valence-electron chi connectivity index (χ1n) is 7.64. The van der Waals surface area contributed by atoms with Gasteiger partial charge < -0.3 is 18.9 Å². The second-order valence-electron chi connectivity index (χ2n) is 7.13. The molecule has 0 radical (unpaired) electrons. The van der Waals surface area contributed by atoms with Crippen molar-refractivity contribution < 1.29 is 23.7 Å². The van der Waals surface area contributed by atoms with Crippen LogP contribution < -0.4 is 0 Å². The Bertz CT molecular complexity index is 440. The van der Waals surface area contributed by atoms with Crippen LogP contribution in [0.25, 0.3) is 0 Å². The summed E-state index contributed by atoms with van der Waals surface area (Å²) < 4.78 is 23.9. The van der Waals surface area contributed by atoms with Gasteiger partial charge in [0.1, 0.15) is 11.7 Å². The Balaban J connectivity index is 1.56. The first-order valence-corrected chi connectivity index (χ1v) is 7.64. The molecule has 2 aliphatic carbocycles. The molecule has 2 heterocycles. The highest BCUT2D eigenvalue weighted by molar-refractivity contribution is 5.86. The molecule has 20 heavy (non-hydrogen) atoms. The van der Waals surface area contributed by atoms with Crippen molar-refractivity contribution in [1.29, 1.82) is 0 Å². The maximum absolute atomic E-state index is 12.4. The third kappa shape index (κ3) is 1.95. The van der Waals surface area contributed by atoms with Gasteiger partial charge in [-0.1, -0.05) is 0 Å². The topological polar surface area (TPSA) is 54.0 Å². The van der Waals surface area contributed by atoms with Gasteiger partial charge in [0, 0.05) is 25.7 Å². The summed E-state index contributed by atoms with van der Waals surface area (Å²) in [6, 6.07) is 0. The number of hydrogen-bond donors (Lipinski definition) is 0. The van der Waals surface area contributed by atoms with E-state index in [1.165, 1.54) is 0 Å². The number of fused-ring (bicyclic) bond motifs is 1. The van der Waals surface area contributed by atoms with Crippen LogP contribution in [0.4, 0.5) is 0 Å². The molecule has 3 atom stereocenters. The summed E-state index contributed by atoms with van der Waals surface area (Å²) >= 11 is 0. The van der Waals surface area contributed by atoms with E-state index in [0.29, 0.717) is 19.4 Å². The van der Waals surface area contributed by atoms with Crippen molar-refractivity contribution in [1.82, 2.24) is 0 Å². The summed E-state index contributed by atoms with van der Waals surface area (Å²) in [5.41, 5.74) is -0.519. The second kappa shape index (κ2) is 4.03. The third-order valence-corrected chi connectivity index (χ3v) is 4.94. The molecule has 4 aliphatic rings. The molecule has 4 fully saturated rings. The molecule has 5 nitrogen and oxygen atoms in total. The van der Waals surface area contributed by atoms with E-state index in [4.69, 9.17) is 18.9 Å². The number of hydrogen-bond acceptors (Lipinski definition) is 5. The maximum atomic E-state index is 12.4. The molecule has 0 unspecified atom stereocenters. The molecule has 2 aliphatic heterocycles. The molecule has 112 valence electrons. The van der Waals surface area contributed by atoms with E-state index >= 15 is 0 Å². The van der Waals surface area contributed by atoms with Crippen LogP contribution in [-0.4, -0.2) is 41.8 Å². The predicted molar refractivity (Wildman–Crippen MR) is 69.0 cm³/mol. The van der Waals surface area contributed by atoms with Crippen LogP contribution >= 0.6 is 0 Å². The number of Topliss-reactive ketones (excluding diaryl/α,β-unsaturated/α-hetero) is 1. The first-order chi connectivity index (χ1) is 9.41. The maximum Gasteiger partial charge on any atom is 0.169 e. The molecule has 0 bridgehead atoms. The van der Waals surface area contributed by atoms with Crippen LogP contribution in [-0.2, 0) is 23.7 Å². The molecule has 5 heteroatoms. The fourth-order valence-corrected chi connectivity index (χ4v) is 4.17. The average molecular weight is 282 g/mol. The fourth-order valence-electron chi connectivity index (χ4n) is 4.17. The van der Waals surface area contributed by atoms with Gasteiger partial charge in [-0.25, -0.2) is 0 Å². The minimum absolute atomic E-state index is 0.103. The lowest BCUT2D eigenvalue weighted by molar-refractivity contribution is -0.181. The lowest BCUT2D eigenvalue weighted by atomic mass is 9.81. The monoisotopic (exact) mass is 282 g/mol. The summed E-state index contributed by atoms with van der Waals surface area (Å²) in [6.45, 7) is 4.25. The van der Waals surface area contributed by atoms with Crippen molar-refractivity contribution in [3.63, 3.8) is 0 Å². The number of ether oxygens (including phenoxy) is 4. The molecule has 0 aromatic heterocycles. The zero-order valence-corrected chi connectivity index (χ0v) is 12.1. The molecular formula is C15H22O5. The Labute approximate surface area is 118 Å². The Kier molecular flexibility index (Phi) is 2.66. The molecule has 0 amide bonds. The Morgan fingerprint density at radius 2 is 1.90 bits per heavy atom. The van der Waals surface area contributed by atoms with Crippen LogP contribution in [0.3, 0.4) is 0 Å². The third-order valence-electron chi connectivity index (χ3n) is 4.94. The average Bonchev–Trinajstić information content (AvgIpc) is 3.01. The van der Waals surface area contributed by atoms with Gasteiger partial charge in [-0.15, -0.1) is 0 Å². The predicted octanol–water partition coefficient (Wildman–Crippen LogP) is 1.93. The van der Waals surface area contributed by atoms with Gasteiger partial charge in [-0.2, -0.15) is 0 Å². The smallest absolute Gasteiger partial charge is 0.169 e. The van der Waals surface area contributed by atoms with Crippen molar-refractivity contribution in [3.05, 3.63) is 0 Å². The molecule has 4 rings (SSSR count). The number of ketones is 1. The summed E-state index contributed by atoms with van der Waals surface area (Å²) in [6.07, 6.45) is 4.53. The van der Waals surface area contributed by atoms with Gasteiger partial charge in [0.25, 0.3) is 0 Å². The fraction of sp³-hybridized carbons (Fsp3) is 0.933. The lowest BCUT2D eigenvalue weighted by Crippen LogP contribution is -2.51.